The zero-order valence-electron chi connectivity index (χ0n) is 10.9. The molecule has 0 radical (unpaired) electrons. The first-order chi connectivity index (χ1) is 7.73. The number of rotatable bonds is 2. The third-order valence-corrected chi connectivity index (χ3v) is 3.40. The lowest BCUT2D eigenvalue weighted by molar-refractivity contribution is -0.301. The largest absolute Gasteiger partial charge is 0.385 e. The molecule has 1 aliphatic rings. The van der Waals surface area contributed by atoms with Crippen molar-refractivity contribution in [3.8, 4) is 0 Å². The summed E-state index contributed by atoms with van der Waals surface area (Å²) in [5, 5.41) is 20.4. The van der Waals surface area contributed by atoms with Crippen LogP contribution in [-0.4, -0.2) is 65.3 Å². The van der Waals surface area contributed by atoms with Crippen molar-refractivity contribution in [1.29, 1.82) is 0 Å². The summed E-state index contributed by atoms with van der Waals surface area (Å²) in [5.74, 6) is -0.200. The van der Waals surface area contributed by atoms with Crippen LogP contribution < -0.4 is 0 Å². The molecule has 0 aliphatic carbocycles. The molecule has 1 rings (SSSR count). The molecule has 1 amide bonds. The number of ether oxygens (including phenoxy) is 2. The summed E-state index contributed by atoms with van der Waals surface area (Å²) in [6.45, 7) is 4.61. The van der Waals surface area contributed by atoms with Crippen molar-refractivity contribution in [1.82, 2.24) is 4.90 Å². The van der Waals surface area contributed by atoms with Gasteiger partial charge in [-0.25, -0.2) is 0 Å². The maximum atomic E-state index is 11.4. The molecule has 17 heavy (non-hydrogen) atoms. The highest BCUT2D eigenvalue weighted by Gasteiger charge is 2.53. The zero-order valence-corrected chi connectivity index (χ0v) is 10.9. The van der Waals surface area contributed by atoms with Gasteiger partial charge >= 0.3 is 0 Å². The van der Waals surface area contributed by atoms with Gasteiger partial charge in [0.05, 0.1) is 12.1 Å². The number of nitrogens with zero attached hydrogens (tertiary/aromatic N) is 1. The summed E-state index contributed by atoms with van der Waals surface area (Å²) < 4.78 is 10.4. The molecular weight excluding hydrogens is 226 g/mol. The number of aliphatic hydroxyl groups excluding tert-OH is 1. The van der Waals surface area contributed by atoms with Gasteiger partial charge in [0, 0.05) is 21.1 Å². The van der Waals surface area contributed by atoms with Crippen LogP contribution in [0.1, 0.15) is 20.8 Å². The van der Waals surface area contributed by atoms with E-state index in [1.807, 2.05) is 0 Å². The Hall–Kier alpha value is -0.690. The number of aliphatic hydroxyl groups is 2. The monoisotopic (exact) mass is 247 g/mol. The van der Waals surface area contributed by atoms with Crippen LogP contribution in [-0.2, 0) is 14.3 Å². The van der Waals surface area contributed by atoms with Crippen LogP contribution in [0.2, 0.25) is 0 Å². The normalized spacial score (nSPS) is 42.3. The van der Waals surface area contributed by atoms with Crippen LogP contribution in [0.3, 0.4) is 0 Å². The second-order valence-electron chi connectivity index (χ2n) is 4.69. The fourth-order valence-electron chi connectivity index (χ4n) is 2.37. The van der Waals surface area contributed by atoms with E-state index in [0.717, 1.165) is 0 Å². The average Bonchev–Trinajstić information content (AvgIpc) is 2.22. The van der Waals surface area contributed by atoms with Crippen molar-refractivity contribution >= 4 is 5.91 Å². The highest BCUT2D eigenvalue weighted by Crippen LogP contribution is 2.32. The molecule has 6 heteroatoms. The van der Waals surface area contributed by atoms with E-state index < -0.39 is 30.1 Å². The third-order valence-electron chi connectivity index (χ3n) is 3.40. The minimum atomic E-state index is -1.49. The predicted octanol–water partition coefficient (Wildman–Crippen LogP) is -0.664. The van der Waals surface area contributed by atoms with Gasteiger partial charge in [-0.2, -0.15) is 0 Å². The SMILES string of the molecule is CO[C@@H]1O[C@H](C)[C@@H](N(C)C(C)=O)[C@@](C)(O)[C@@H]1O. The summed E-state index contributed by atoms with van der Waals surface area (Å²) in [4.78, 5) is 12.8. The molecule has 0 aromatic carbocycles. The first-order valence-electron chi connectivity index (χ1n) is 5.55. The Labute approximate surface area is 101 Å². The van der Waals surface area contributed by atoms with Gasteiger partial charge in [-0.1, -0.05) is 0 Å². The van der Waals surface area contributed by atoms with Crippen molar-refractivity contribution in [2.75, 3.05) is 14.2 Å². The minimum Gasteiger partial charge on any atom is -0.385 e. The Morgan fingerprint density at radius 3 is 2.47 bits per heavy atom. The number of carbonyl (C=O) groups excluding carboxylic acids is 1. The van der Waals surface area contributed by atoms with Crippen LogP contribution in [0.15, 0.2) is 0 Å². The lowest BCUT2D eigenvalue weighted by Crippen LogP contribution is -2.69. The summed E-state index contributed by atoms with van der Waals surface area (Å²) in [7, 11) is 2.97. The number of amides is 1. The van der Waals surface area contributed by atoms with Crippen molar-refractivity contribution in [3.05, 3.63) is 0 Å². The van der Waals surface area contributed by atoms with Crippen LogP contribution in [0, 0.1) is 0 Å². The molecule has 0 unspecified atom stereocenters. The maximum absolute atomic E-state index is 11.4. The topological polar surface area (TPSA) is 79.2 Å². The highest BCUT2D eigenvalue weighted by atomic mass is 16.7. The first kappa shape index (κ1) is 14.4. The summed E-state index contributed by atoms with van der Waals surface area (Å²) in [5.41, 5.74) is -1.49. The second kappa shape index (κ2) is 4.89. The summed E-state index contributed by atoms with van der Waals surface area (Å²) in [6, 6.07) is -0.624. The highest BCUT2D eigenvalue weighted by molar-refractivity contribution is 5.73. The predicted molar refractivity (Wildman–Crippen MR) is 60.2 cm³/mol. The molecule has 5 atom stereocenters. The molecule has 1 saturated heterocycles. The Morgan fingerprint density at radius 1 is 1.53 bits per heavy atom. The molecule has 0 spiro atoms. The minimum absolute atomic E-state index is 0.200. The van der Waals surface area contributed by atoms with E-state index in [1.165, 1.54) is 25.9 Å². The smallest absolute Gasteiger partial charge is 0.219 e. The van der Waals surface area contributed by atoms with Gasteiger partial charge < -0.3 is 24.6 Å². The molecule has 0 aromatic heterocycles. The molecule has 100 valence electrons. The molecule has 1 heterocycles. The van der Waals surface area contributed by atoms with Gasteiger partial charge in [0.25, 0.3) is 0 Å². The van der Waals surface area contributed by atoms with E-state index in [2.05, 4.69) is 0 Å². The Balaban J connectivity index is 3.01. The van der Waals surface area contributed by atoms with E-state index in [-0.39, 0.29) is 5.91 Å². The molecule has 0 saturated carbocycles. The van der Waals surface area contributed by atoms with E-state index >= 15 is 0 Å². The van der Waals surface area contributed by atoms with Crippen LogP contribution in [0.4, 0.5) is 0 Å². The van der Waals surface area contributed by atoms with Crippen molar-refractivity contribution in [2.24, 2.45) is 0 Å². The fourth-order valence-corrected chi connectivity index (χ4v) is 2.37. The molecule has 1 fully saturated rings. The van der Waals surface area contributed by atoms with Crippen LogP contribution in [0.5, 0.6) is 0 Å². The molecule has 2 N–H and O–H groups in total. The molecule has 6 nitrogen and oxygen atoms in total. The fraction of sp³-hybridized carbons (Fsp3) is 0.909. The van der Waals surface area contributed by atoms with E-state index in [0.29, 0.717) is 0 Å². The van der Waals surface area contributed by atoms with Gasteiger partial charge in [0.1, 0.15) is 11.7 Å². The summed E-state index contributed by atoms with van der Waals surface area (Å²) in [6.07, 6.45) is -2.54. The van der Waals surface area contributed by atoms with Crippen molar-refractivity contribution in [3.63, 3.8) is 0 Å². The second-order valence-corrected chi connectivity index (χ2v) is 4.69. The Kier molecular flexibility index (Phi) is 4.14. The molecule has 0 bridgehead atoms. The number of likely N-dealkylation sites (N-methyl/N-ethyl adjacent to an activating group) is 1. The van der Waals surface area contributed by atoms with Crippen LogP contribution in [0.25, 0.3) is 0 Å². The first-order valence-corrected chi connectivity index (χ1v) is 5.55. The van der Waals surface area contributed by atoms with Gasteiger partial charge in [-0.05, 0) is 13.8 Å². The van der Waals surface area contributed by atoms with E-state index in [4.69, 9.17) is 9.47 Å². The van der Waals surface area contributed by atoms with E-state index in [1.54, 1.807) is 14.0 Å². The average molecular weight is 247 g/mol. The number of carbonyl (C=O) groups is 1. The third kappa shape index (κ3) is 2.44. The van der Waals surface area contributed by atoms with Gasteiger partial charge in [0.15, 0.2) is 6.29 Å². The molecular formula is C11H21NO5. The van der Waals surface area contributed by atoms with Gasteiger partial charge in [0.2, 0.25) is 5.91 Å². The van der Waals surface area contributed by atoms with Crippen molar-refractivity contribution < 1.29 is 24.5 Å². The number of hydrogen-bond donors (Lipinski definition) is 2. The van der Waals surface area contributed by atoms with Gasteiger partial charge in [-0.3, -0.25) is 4.79 Å². The van der Waals surface area contributed by atoms with Gasteiger partial charge in [-0.15, -0.1) is 0 Å². The number of hydrogen-bond acceptors (Lipinski definition) is 5. The van der Waals surface area contributed by atoms with Crippen molar-refractivity contribution in [2.45, 2.75) is 50.9 Å². The zero-order chi connectivity index (χ0) is 13.4. The lowest BCUT2D eigenvalue weighted by Gasteiger charge is -2.50. The summed E-state index contributed by atoms with van der Waals surface area (Å²) >= 11 is 0. The Morgan fingerprint density at radius 2 is 2.06 bits per heavy atom. The lowest BCUT2D eigenvalue weighted by atomic mass is 9.83. The quantitative estimate of drug-likeness (QED) is 0.677. The Bertz CT molecular complexity index is 294. The molecule has 1 aliphatic heterocycles. The van der Waals surface area contributed by atoms with Crippen LogP contribution >= 0.6 is 0 Å². The maximum Gasteiger partial charge on any atom is 0.219 e. The van der Waals surface area contributed by atoms with E-state index in [9.17, 15) is 15.0 Å². The molecule has 0 aromatic rings. The standard InChI is InChI=1S/C11H21NO5/c1-6-8(12(4)7(2)13)11(3,15)9(14)10(16-5)17-6/h6,8-10,14-15H,1-5H3/t6-,8-,9-,10-,11-/m1/s1. The number of methoxy groups -OCH3 is 1.